The lowest BCUT2D eigenvalue weighted by molar-refractivity contribution is -0.0804. The Kier molecular flexibility index (Phi) is 4.84. The second-order valence-corrected chi connectivity index (χ2v) is 8.83. The highest BCUT2D eigenvalue weighted by molar-refractivity contribution is 6.34. The molecule has 2 aromatic carbocycles. The Morgan fingerprint density at radius 1 is 1.17 bits per heavy atom. The Hall–Kier alpha value is -1.97. The summed E-state index contributed by atoms with van der Waals surface area (Å²) in [6.07, 6.45) is 1.22. The maximum Gasteiger partial charge on any atom is 0.141 e. The summed E-state index contributed by atoms with van der Waals surface area (Å²) in [5.41, 5.74) is 3.75. The molecule has 3 saturated heterocycles. The first-order valence-corrected chi connectivity index (χ1v) is 10.5. The molecule has 29 heavy (non-hydrogen) atoms. The van der Waals surface area contributed by atoms with Crippen LogP contribution in [0, 0.1) is 24.1 Å². The minimum absolute atomic E-state index is 0.0484. The van der Waals surface area contributed by atoms with Crippen molar-refractivity contribution in [3.63, 3.8) is 0 Å². The number of hydrogen-bond donors (Lipinski definition) is 0. The van der Waals surface area contributed by atoms with Crippen molar-refractivity contribution in [2.24, 2.45) is 0 Å². The normalized spacial score (nSPS) is 24.6. The Bertz CT molecular complexity index is 1000. The van der Waals surface area contributed by atoms with Crippen LogP contribution in [0.4, 0.5) is 4.39 Å². The lowest BCUT2D eigenvalue weighted by atomic mass is 9.98. The third-order valence-electron chi connectivity index (χ3n) is 6.55. The van der Waals surface area contributed by atoms with Crippen LogP contribution < -0.4 is 0 Å². The molecule has 0 N–H and O–H groups in total. The minimum Gasteiger partial charge on any atom is -0.378 e. The summed E-state index contributed by atoms with van der Waals surface area (Å²) in [6.45, 7) is 6.76. The van der Waals surface area contributed by atoms with Crippen LogP contribution in [0.2, 0.25) is 5.02 Å². The van der Waals surface area contributed by atoms with Gasteiger partial charge in [0.1, 0.15) is 11.9 Å². The fourth-order valence-electron chi connectivity index (χ4n) is 5.00. The van der Waals surface area contributed by atoms with Gasteiger partial charge in [-0.3, -0.25) is 9.80 Å². The zero-order chi connectivity index (χ0) is 20.1. The molecule has 3 aliphatic rings. The van der Waals surface area contributed by atoms with Gasteiger partial charge < -0.3 is 4.74 Å². The molecule has 0 aromatic heterocycles. The lowest BCUT2D eigenvalue weighted by Gasteiger charge is -2.42. The molecule has 0 spiro atoms. The average molecular weight is 412 g/mol. The number of piperazine rings is 1. The van der Waals surface area contributed by atoms with Crippen molar-refractivity contribution in [2.75, 3.05) is 26.3 Å². The SMILES string of the molecule is Cc1cc(CN2CC3CC2CN3C2COC2)c(Cl)c(-c2ccc(C#N)c(F)c2)c1. The number of nitrogens with zero attached hydrogens (tertiary/aromatic N) is 3. The number of hydrogen-bond acceptors (Lipinski definition) is 4. The molecule has 2 aromatic rings. The van der Waals surface area contributed by atoms with Gasteiger partial charge in [-0.1, -0.05) is 29.3 Å². The molecule has 0 aliphatic carbocycles. The van der Waals surface area contributed by atoms with Crippen molar-refractivity contribution in [2.45, 2.75) is 38.0 Å². The van der Waals surface area contributed by atoms with Gasteiger partial charge in [-0.15, -0.1) is 0 Å². The molecule has 3 heterocycles. The molecule has 0 saturated carbocycles. The Labute approximate surface area is 175 Å². The zero-order valence-electron chi connectivity index (χ0n) is 16.4. The molecule has 2 unspecified atom stereocenters. The molecule has 2 atom stereocenters. The van der Waals surface area contributed by atoms with Gasteiger partial charge in [0, 0.05) is 37.3 Å². The maximum atomic E-state index is 14.1. The van der Waals surface area contributed by atoms with E-state index >= 15 is 0 Å². The largest absolute Gasteiger partial charge is 0.378 e. The van der Waals surface area contributed by atoms with E-state index in [1.165, 1.54) is 18.6 Å². The predicted molar refractivity (Wildman–Crippen MR) is 110 cm³/mol. The minimum atomic E-state index is -0.513. The van der Waals surface area contributed by atoms with Crippen LogP contribution in [-0.4, -0.2) is 54.2 Å². The Morgan fingerprint density at radius 2 is 2.00 bits per heavy atom. The number of halogens is 2. The summed E-state index contributed by atoms with van der Waals surface area (Å²) in [5.74, 6) is -0.513. The van der Waals surface area contributed by atoms with Crippen molar-refractivity contribution in [1.29, 1.82) is 5.26 Å². The highest BCUT2D eigenvalue weighted by atomic mass is 35.5. The van der Waals surface area contributed by atoms with Gasteiger partial charge in [-0.2, -0.15) is 5.26 Å². The van der Waals surface area contributed by atoms with E-state index in [1.54, 1.807) is 6.07 Å². The second kappa shape index (κ2) is 7.37. The number of nitriles is 1. The van der Waals surface area contributed by atoms with Gasteiger partial charge in [0.2, 0.25) is 0 Å². The fourth-order valence-corrected chi connectivity index (χ4v) is 5.27. The van der Waals surface area contributed by atoms with E-state index in [9.17, 15) is 4.39 Å². The highest BCUT2D eigenvalue weighted by Crippen LogP contribution is 2.38. The fraction of sp³-hybridized carbons (Fsp3) is 0.435. The number of likely N-dealkylation sites (tertiary alicyclic amines) is 2. The molecule has 3 aliphatic heterocycles. The summed E-state index contributed by atoms with van der Waals surface area (Å²) < 4.78 is 19.5. The molecular formula is C23H23ClFN3O. The van der Waals surface area contributed by atoms with Crippen LogP contribution >= 0.6 is 11.6 Å². The van der Waals surface area contributed by atoms with Gasteiger partial charge in [-0.25, -0.2) is 4.39 Å². The van der Waals surface area contributed by atoms with E-state index in [-0.39, 0.29) is 5.56 Å². The van der Waals surface area contributed by atoms with Gasteiger partial charge in [0.25, 0.3) is 0 Å². The van der Waals surface area contributed by atoms with Crippen molar-refractivity contribution >= 4 is 11.6 Å². The van der Waals surface area contributed by atoms with E-state index in [1.807, 2.05) is 19.1 Å². The molecule has 0 amide bonds. The maximum absolute atomic E-state index is 14.1. The van der Waals surface area contributed by atoms with Gasteiger partial charge in [0.05, 0.1) is 29.8 Å². The number of ether oxygens (including phenoxy) is 1. The number of fused-ring (bicyclic) bond motifs is 2. The van der Waals surface area contributed by atoms with Crippen LogP contribution in [0.1, 0.15) is 23.1 Å². The summed E-state index contributed by atoms with van der Waals surface area (Å²) in [7, 11) is 0. The molecule has 150 valence electrons. The van der Waals surface area contributed by atoms with Gasteiger partial charge in [-0.05, 0) is 42.7 Å². The molecule has 2 bridgehead atoms. The monoisotopic (exact) mass is 411 g/mol. The number of benzene rings is 2. The smallest absolute Gasteiger partial charge is 0.141 e. The molecule has 5 rings (SSSR count). The van der Waals surface area contributed by atoms with Crippen LogP contribution in [0.3, 0.4) is 0 Å². The summed E-state index contributed by atoms with van der Waals surface area (Å²) in [6, 6.07) is 12.5. The molecule has 6 heteroatoms. The first-order chi connectivity index (χ1) is 14.0. The van der Waals surface area contributed by atoms with Crippen LogP contribution in [-0.2, 0) is 11.3 Å². The molecule has 4 nitrogen and oxygen atoms in total. The van der Waals surface area contributed by atoms with Crippen molar-refractivity contribution in [3.8, 4) is 17.2 Å². The topological polar surface area (TPSA) is 39.5 Å². The Balaban J connectivity index is 1.38. The molecular weight excluding hydrogens is 389 g/mol. The van der Waals surface area contributed by atoms with E-state index in [4.69, 9.17) is 21.6 Å². The quantitative estimate of drug-likeness (QED) is 0.762. The Morgan fingerprint density at radius 3 is 2.62 bits per heavy atom. The van der Waals surface area contributed by atoms with E-state index in [0.717, 1.165) is 49.5 Å². The third-order valence-corrected chi connectivity index (χ3v) is 7.00. The highest BCUT2D eigenvalue weighted by Gasteiger charge is 2.46. The van der Waals surface area contributed by atoms with Crippen LogP contribution in [0.15, 0.2) is 30.3 Å². The third kappa shape index (κ3) is 3.35. The zero-order valence-corrected chi connectivity index (χ0v) is 17.1. The van der Waals surface area contributed by atoms with E-state index in [2.05, 4.69) is 15.9 Å². The summed E-state index contributed by atoms with van der Waals surface area (Å²) in [4.78, 5) is 5.15. The van der Waals surface area contributed by atoms with E-state index in [0.29, 0.717) is 28.7 Å². The first kappa shape index (κ1) is 19.0. The van der Waals surface area contributed by atoms with Crippen LogP contribution in [0.25, 0.3) is 11.1 Å². The van der Waals surface area contributed by atoms with Gasteiger partial charge in [0.15, 0.2) is 0 Å². The van der Waals surface area contributed by atoms with Gasteiger partial charge >= 0.3 is 0 Å². The van der Waals surface area contributed by atoms with Crippen molar-refractivity contribution < 1.29 is 9.13 Å². The summed E-state index contributed by atoms with van der Waals surface area (Å²) >= 11 is 6.79. The van der Waals surface area contributed by atoms with Crippen molar-refractivity contribution in [3.05, 3.63) is 57.9 Å². The number of aryl methyl sites for hydroxylation is 1. The van der Waals surface area contributed by atoms with E-state index < -0.39 is 5.82 Å². The number of rotatable bonds is 4. The lowest BCUT2D eigenvalue weighted by Crippen LogP contribution is -2.56. The predicted octanol–water partition coefficient (Wildman–Crippen LogP) is 3.98. The van der Waals surface area contributed by atoms with Crippen molar-refractivity contribution in [1.82, 2.24) is 9.80 Å². The molecule has 0 radical (unpaired) electrons. The second-order valence-electron chi connectivity index (χ2n) is 8.45. The summed E-state index contributed by atoms with van der Waals surface area (Å²) in [5, 5.41) is 9.65. The average Bonchev–Trinajstić information content (AvgIpc) is 3.23. The molecule has 3 fully saturated rings. The van der Waals surface area contributed by atoms with Crippen LogP contribution in [0.5, 0.6) is 0 Å². The standard InChI is InChI=1S/C23H23ClFN3O/c1-14-4-17(9-27-10-19-7-18(27)11-28(19)20-12-29-13-20)23(24)21(5-14)15-2-3-16(8-26)22(25)6-15/h2-6,18-20H,7,9-13H2,1H3. The first-order valence-electron chi connectivity index (χ1n) is 10.1.